The van der Waals surface area contributed by atoms with E-state index >= 15 is 0 Å². The highest BCUT2D eigenvalue weighted by atomic mass is 16.2. The molecule has 1 aliphatic rings. The largest absolute Gasteiger partial charge is 0.362 e. The summed E-state index contributed by atoms with van der Waals surface area (Å²) in [5.41, 5.74) is 2.60. The van der Waals surface area contributed by atoms with Crippen LogP contribution >= 0.6 is 0 Å². The molecule has 1 amide bonds. The molecule has 1 heterocycles. The fourth-order valence-corrected chi connectivity index (χ4v) is 4.35. The molecular formula is C26H44N2O. The van der Waals surface area contributed by atoms with Gasteiger partial charge in [0.1, 0.15) is 0 Å². The zero-order chi connectivity index (χ0) is 20.6. The highest BCUT2D eigenvalue weighted by Crippen LogP contribution is 2.26. The van der Waals surface area contributed by atoms with Gasteiger partial charge in [0.15, 0.2) is 0 Å². The van der Waals surface area contributed by atoms with Crippen LogP contribution in [0.1, 0.15) is 102 Å². The summed E-state index contributed by atoms with van der Waals surface area (Å²) in [4.78, 5) is 14.4. The van der Waals surface area contributed by atoms with Gasteiger partial charge < -0.3 is 10.2 Å². The van der Waals surface area contributed by atoms with Crippen molar-refractivity contribution in [2.45, 2.75) is 103 Å². The number of hydrogen-bond acceptors (Lipinski definition) is 2. The third kappa shape index (κ3) is 10.2. The summed E-state index contributed by atoms with van der Waals surface area (Å²) in [5.74, 6) is 0.163. The molecule has 164 valence electrons. The van der Waals surface area contributed by atoms with Gasteiger partial charge in [-0.1, -0.05) is 109 Å². The van der Waals surface area contributed by atoms with Crippen molar-refractivity contribution in [2.24, 2.45) is 0 Å². The Kier molecular flexibility index (Phi) is 12.6. The fraction of sp³-hybridized carbons (Fsp3) is 0.731. The molecule has 1 aliphatic heterocycles. The summed E-state index contributed by atoms with van der Waals surface area (Å²) in [6.07, 6.45) is 20.2. The Morgan fingerprint density at radius 1 is 0.828 bits per heavy atom. The average Bonchev–Trinajstić information content (AvgIpc) is 3.14. The first-order valence-electron chi connectivity index (χ1n) is 12.4. The molecule has 29 heavy (non-hydrogen) atoms. The molecule has 3 nitrogen and oxygen atoms in total. The van der Waals surface area contributed by atoms with Crippen LogP contribution in [-0.2, 0) is 11.2 Å². The molecule has 0 saturated carbocycles. The maximum atomic E-state index is 12.2. The van der Waals surface area contributed by atoms with Gasteiger partial charge in [0, 0.05) is 18.8 Å². The van der Waals surface area contributed by atoms with Gasteiger partial charge in [-0.25, -0.2) is 0 Å². The van der Waals surface area contributed by atoms with Gasteiger partial charge in [-0.05, 0) is 24.5 Å². The van der Waals surface area contributed by atoms with Gasteiger partial charge in [0.05, 0.1) is 6.54 Å². The smallest absolute Gasteiger partial charge is 0.239 e. The third-order valence-corrected chi connectivity index (χ3v) is 6.17. The van der Waals surface area contributed by atoms with Crippen LogP contribution in [-0.4, -0.2) is 25.5 Å². The van der Waals surface area contributed by atoms with Gasteiger partial charge in [0.25, 0.3) is 0 Å². The Bertz CT molecular complexity index is 557. The Hall–Kier alpha value is -1.51. The molecule has 2 rings (SSSR count). The zero-order valence-electron chi connectivity index (χ0n) is 18.9. The summed E-state index contributed by atoms with van der Waals surface area (Å²) in [5, 5.41) is 3.10. The summed E-state index contributed by atoms with van der Waals surface area (Å²) < 4.78 is 0. The van der Waals surface area contributed by atoms with Gasteiger partial charge in [-0.2, -0.15) is 0 Å². The number of unbranched alkanes of at least 4 members (excludes halogenated alkanes) is 13. The van der Waals surface area contributed by atoms with E-state index in [-0.39, 0.29) is 5.91 Å². The molecule has 0 bridgehead atoms. The first-order valence-corrected chi connectivity index (χ1v) is 12.4. The summed E-state index contributed by atoms with van der Waals surface area (Å²) in [7, 11) is 0. The second kappa shape index (κ2) is 15.3. The number of nitrogens with zero attached hydrogens (tertiary/aromatic N) is 1. The first-order chi connectivity index (χ1) is 14.3. The second-order valence-electron chi connectivity index (χ2n) is 8.75. The van der Waals surface area contributed by atoms with Crippen molar-refractivity contribution in [3.63, 3.8) is 0 Å². The highest BCUT2D eigenvalue weighted by Gasteiger charge is 2.20. The normalized spacial score (nSPS) is 12.9. The number of benzene rings is 1. The lowest BCUT2D eigenvalue weighted by molar-refractivity contribution is -0.119. The lowest BCUT2D eigenvalue weighted by Crippen LogP contribution is -2.36. The standard InChI is InChI=1S/C26H44N2O/c1-2-3-4-5-6-7-8-9-10-11-12-13-14-17-21-27-26(29)23-28-22-20-24-18-15-16-19-25(24)28/h15-16,18-19H,2-14,17,20-23H2,1H3,(H,27,29). The minimum absolute atomic E-state index is 0.163. The molecule has 0 unspecified atom stereocenters. The summed E-state index contributed by atoms with van der Waals surface area (Å²) in [6, 6.07) is 8.44. The monoisotopic (exact) mass is 400 g/mol. The van der Waals surface area contributed by atoms with E-state index in [9.17, 15) is 4.79 Å². The van der Waals surface area contributed by atoms with E-state index < -0.39 is 0 Å². The molecule has 0 fully saturated rings. The molecule has 3 heteroatoms. The van der Waals surface area contributed by atoms with E-state index in [1.807, 2.05) is 0 Å². The summed E-state index contributed by atoms with van der Waals surface area (Å²) in [6.45, 7) is 4.57. The predicted octanol–water partition coefficient (Wildman–Crippen LogP) is 6.65. The lowest BCUT2D eigenvalue weighted by atomic mass is 10.0. The number of hydrogen-bond donors (Lipinski definition) is 1. The second-order valence-corrected chi connectivity index (χ2v) is 8.75. The Morgan fingerprint density at radius 3 is 2.00 bits per heavy atom. The van der Waals surface area contributed by atoms with E-state index in [1.54, 1.807) is 0 Å². The number of rotatable bonds is 17. The number of anilines is 1. The fourth-order valence-electron chi connectivity index (χ4n) is 4.35. The van der Waals surface area contributed by atoms with Crippen molar-refractivity contribution in [1.82, 2.24) is 5.32 Å². The molecule has 1 aromatic carbocycles. The third-order valence-electron chi connectivity index (χ3n) is 6.17. The SMILES string of the molecule is CCCCCCCCCCCCCCCCNC(=O)CN1CCc2ccccc21. The predicted molar refractivity (Wildman–Crippen MR) is 126 cm³/mol. The topological polar surface area (TPSA) is 32.3 Å². The number of fused-ring (bicyclic) bond motifs is 1. The van der Waals surface area contributed by atoms with E-state index in [0.717, 1.165) is 25.9 Å². The Labute approximate surface area is 179 Å². The van der Waals surface area contributed by atoms with Crippen molar-refractivity contribution in [2.75, 3.05) is 24.5 Å². The summed E-state index contributed by atoms with van der Waals surface area (Å²) >= 11 is 0. The minimum atomic E-state index is 0.163. The van der Waals surface area contributed by atoms with Crippen LogP contribution < -0.4 is 10.2 Å². The maximum absolute atomic E-state index is 12.2. The van der Waals surface area contributed by atoms with Crippen LogP contribution in [0.2, 0.25) is 0 Å². The van der Waals surface area contributed by atoms with Crippen LogP contribution in [0.15, 0.2) is 24.3 Å². The van der Waals surface area contributed by atoms with Crippen LogP contribution in [0.5, 0.6) is 0 Å². The lowest BCUT2D eigenvalue weighted by Gasteiger charge is -2.18. The number of nitrogens with one attached hydrogen (secondary N) is 1. The molecular weight excluding hydrogens is 356 g/mol. The maximum Gasteiger partial charge on any atom is 0.239 e. The van der Waals surface area contributed by atoms with Crippen molar-refractivity contribution >= 4 is 11.6 Å². The van der Waals surface area contributed by atoms with E-state index in [0.29, 0.717) is 6.54 Å². The van der Waals surface area contributed by atoms with Crippen molar-refractivity contribution in [3.05, 3.63) is 29.8 Å². The number of para-hydroxylation sites is 1. The number of carbonyl (C=O) groups excluding carboxylic acids is 1. The van der Waals surface area contributed by atoms with Gasteiger partial charge >= 0.3 is 0 Å². The zero-order valence-corrected chi connectivity index (χ0v) is 18.9. The molecule has 0 aliphatic carbocycles. The van der Waals surface area contributed by atoms with Crippen LogP contribution in [0.25, 0.3) is 0 Å². The molecule has 0 radical (unpaired) electrons. The van der Waals surface area contributed by atoms with E-state index in [2.05, 4.69) is 41.4 Å². The molecule has 0 saturated heterocycles. The molecule has 0 aromatic heterocycles. The highest BCUT2D eigenvalue weighted by molar-refractivity contribution is 5.82. The van der Waals surface area contributed by atoms with Crippen LogP contribution in [0.3, 0.4) is 0 Å². The molecule has 0 spiro atoms. The van der Waals surface area contributed by atoms with Crippen molar-refractivity contribution in [1.29, 1.82) is 0 Å². The van der Waals surface area contributed by atoms with E-state index in [1.165, 1.54) is 94.7 Å². The first kappa shape index (κ1) is 23.8. The number of amides is 1. The number of carbonyl (C=O) groups is 1. The van der Waals surface area contributed by atoms with Crippen molar-refractivity contribution in [3.8, 4) is 0 Å². The molecule has 1 N–H and O–H groups in total. The van der Waals surface area contributed by atoms with Gasteiger partial charge in [-0.15, -0.1) is 0 Å². The van der Waals surface area contributed by atoms with Crippen LogP contribution in [0.4, 0.5) is 5.69 Å². The minimum Gasteiger partial charge on any atom is -0.362 e. The molecule has 0 atom stereocenters. The Balaban J connectivity index is 1.34. The van der Waals surface area contributed by atoms with Crippen LogP contribution in [0, 0.1) is 0 Å². The average molecular weight is 401 g/mol. The van der Waals surface area contributed by atoms with Gasteiger partial charge in [-0.3, -0.25) is 4.79 Å². The Morgan fingerprint density at radius 2 is 1.38 bits per heavy atom. The van der Waals surface area contributed by atoms with Crippen molar-refractivity contribution < 1.29 is 4.79 Å². The molecule has 1 aromatic rings. The quantitative estimate of drug-likeness (QED) is 0.297. The van der Waals surface area contributed by atoms with E-state index in [4.69, 9.17) is 0 Å². The van der Waals surface area contributed by atoms with Gasteiger partial charge in [0.2, 0.25) is 5.91 Å².